The van der Waals surface area contributed by atoms with E-state index >= 15 is 0 Å². The van der Waals surface area contributed by atoms with Crippen LogP contribution >= 0.6 is 0 Å². The molecule has 6 aromatic rings. The summed E-state index contributed by atoms with van der Waals surface area (Å²) in [6, 6.07) is 8.15. The van der Waals surface area contributed by atoms with E-state index in [9.17, 15) is 50.1 Å². The first-order valence-electron chi connectivity index (χ1n) is 15.8. The van der Waals surface area contributed by atoms with Gasteiger partial charge in [0.15, 0.2) is 17.7 Å². The lowest BCUT2D eigenvalue weighted by Gasteiger charge is -2.14. The molecule has 12 nitrogen and oxygen atoms in total. The molecule has 288 valence electrons. The number of halogens is 8. The number of carbonyl (C=O) groups is 1. The van der Waals surface area contributed by atoms with Gasteiger partial charge in [-0.2, -0.15) is 46.7 Å². The number of aldehydes is 1. The number of aliphatic hydroxyl groups is 3. The number of rotatable bonds is 9. The van der Waals surface area contributed by atoms with Crippen molar-refractivity contribution in [1.29, 1.82) is 0 Å². The number of aliphatic hydroxyl groups excluding tert-OH is 3. The Kier molecular flexibility index (Phi) is 13.2. The van der Waals surface area contributed by atoms with Gasteiger partial charge in [0.25, 0.3) is 0 Å². The van der Waals surface area contributed by atoms with E-state index in [4.69, 9.17) is 5.11 Å². The Hall–Kier alpha value is -5.73. The second-order valence-corrected chi connectivity index (χ2v) is 11.1. The number of aromatic nitrogens is 8. The third kappa shape index (κ3) is 10.0. The van der Waals surface area contributed by atoms with Crippen LogP contribution in [0.3, 0.4) is 0 Å². The summed E-state index contributed by atoms with van der Waals surface area (Å²) in [4.78, 5) is 10.1. The monoisotopic (exact) mass is 768 g/mol. The van der Waals surface area contributed by atoms with E-state index in [1.54, 1.807) is 17.1 Å². The molecule has 0 aliphatic carbocycles. The summed E-state index contributed by atoms with van der Waals surface area (Å²) in [7, 11) is 0. The van der Waals surface area contributed by atoms with E-state index in [1.807, 2.05) is 13.8 Å². The largest absolute Gasteiger partial charge is 0.435 e. The van der Waals surface area contributed by atoms with Gasteiger partial charge in [-0.1, -0.05) is 0 Å². The molecule has 0 amide bonds. The summed E-state index contributed by atoms with van der Waals surface area (Å²) in [5.74, 6) is -1.23. The fraction of sp³-hybridized carbons (Fsp3) is 0.265. The number of hydrogen-bond acceptors (Lipinski definition) is 8. The molecule has 4 aromatic heterocycles. The molecule has 2 aromatic carbocycles. The van der Waals surface area contributed by atoms with Gasteiger partial charge in [-0.3, -0.25) is 14.2 Å². The van der Waals surface area contributed by atoms with Gasteiger partial charge in [0.05, 0.1) is 48.2 Å². The Bertz CT molecular complexity index is 2150. The first-order chi connectivity index (χ1) is 25.5. The lowest BCUT2D eigenvalue weighted by molar-refractivity contribution is -0.142. The number of benzene rings is 2. The molecule has 0 saturated carbocycles. The minimum atomic E-state index is -4.74. The number of carbonyl (C=O) groups excluding carboxylic acids is 1. The fourth-order valence-electron chi connectivity index (χ4n) is 4.80. The molecule has 0 spiro atoms. The summed E-state index contributed by atoms with van der Waals surface area (Å²) in [6.45, 7) is 4.02. The first-order valence-corrected chi connectivity index (χ1v) is 15.8. The molecule has 0 aliphatic heterocycles. The molecule has 0 bridgehead atoms. The van der Waals surface area contributed by atoms with Gasteiger partial charge in [-0.25, -0.2) is 18.1 Å². The maximum atomic E-state index is 13.4. The highest BCUT2D eigenvalue weighted by Gasteiger charge is 2.37. The Morgan fingerprint density at radius 3 is 1.78 bits per heavy atom. The zero-order valence-corrected chi connectivity index (χ0v) is 28.3. The fourth-order valence-corrected chi connectivity index (χ4v) is 4.80. The molecule has 3 N–H and O–H groups in total. The second kappa shape index (κ2) is 17.4. The van der Waals surface area contributed by atoms with Gasteiger partial charge in [0, 0.05) is 48.4 Å². The minimum absolute atomic E-state index is 0.0320. The van der Waals surface area contributed by atoms with Crippen molar-refractivity contribution in [2.24, 2.45) is 0 Å². The summed E-state index contributed by atoms with van der Waals surface area (Å²) in [5, 5.41) is 43.9. The van der Waals surface area contributed by atoms with Crippen LogP contribution in [-0.4, -0.2) is 60.7 Å². The van der Waals surface area contributed by atoms with Gasteiger partial charge in [-0.15, -0.1) is 0 Å². The summed E-state index contributed by atoms with van der Waals surface area (Å²) < 4.78 is 108. The van der Waals surface area contributed by atoms with Crippen LogP contribution in [0.4, 0.5) is 35.1 Å². The predicted octanol–water partition coefficient (Wildman–Crippen LogP) is 6.06. The predicted molar refractivity (Wildman–Crippen MR) is 174 cm³/mol. The third-order valence-corrected chi connectivity index (χ3v) is 7.49. The van der Waals surface area contributed by atoms with Gasteiger partial charge >= 0.3 is 12.4 Å². The maximum Gasteiger partial charge on any atom is 0.435 e. The highest BCUT2D eigenvalue weighted by molar-refractivity contribution is 5.73. The van der Waals surface area contributed by atoms with Crippen molar-refractivity contribution in [3.05, 3.63) is 130 Å². The summed E-state index contributed by atoms with van der Waals surface area (Å²) in [6.07, 6.45) is -2.72. The lowest BCUT2D eigenvalue weighted by Crippen LogP contribution is -2.11. The van der Waals surface area contributed by atoms with E-state index < -0.39 is 54.7 Å². The molecule has 0 aliphatic rings. The summed E-state index contributed by atoms with van der Waals surface area (Å²) in [5.41, 5.74) is -1.10. The van der Waals surface area contributed by atoms with Gasteiger partial charge < -0.3 is 15.3 Å². The molecular weight excluding hydrogens is 736 g/mol. The SMILES string of the molecule is CCn1cc(C(O)c2cc(C(F)(F)F)nn2-c2ccc(F)cc2CO)cn1.CCn1cc(C=O)cn1.OCc1cc(F)ccc1-n1ccc(C(F)(F)F)n1. The van der Waals surface area contributed by atoms with Crippen molar-refractivity contribution < 1.29 is 55.2 Å². The van der Waals surface area contributed by atoms with Crippen LogP contribution in [0.5, 0.6) is 0 Å². The van der Waals surface area contributed by atoms with Gasteiger partial charge in [-0.05, 0) is 62.4 Å². The van der Waals surface area contributed by atoms with E-state index in [0.717, 1.165) is 64.8 Å². The zero-order chi connectivity index (χ0) is 39.8. The van der Waals surface area contributed by atoms with Crippen molar-refractivity contribution in [3.63, 3.8) is 0 Å². The molecule has 0 saturated heterocycles. The molecule has 1 unspecified atom stereocenters. The average Bonchev–Trinajstić information content (AvgIpc) is 3.97. The van der Waals surface area contributed by atoms with Crippen molar-refractivity contribution >= 4 is 6.29 Å². The zero-order valence-electron chi connectivity index (χ0n) is 28.3. The van der Waals surface area contributed by atoms with Crippen LogP contribution in [0.25, 0.3) is 11.4 Å². The van der Waals surface area contributed by atoms with E-state index in [0.29, 0.717) is 12.1 Å². The molecule has 54 heavy (non-hydrogen) atoms. The van der Waals surface area contributed by atoms with E-state index in [2.05, 4.69) is 20.4 Å². The highest BCUT2D eigenvalue weighted by atomic mass is 19.4. The average molecular weight is 769 g/mol. The first kappa shape index (κ1) is 41.0. The van der Waals surface area contributed by atoms with Gasteiger partial charge in [0.1, 0.15) is 17.7 Å². The number of alkyl halides is 6. The molecule has 4 heterocycles. The van der Waals surface area contributed by atoms with Crippen molar-refractivity contribution in [2.45, 2.75) is 58.6 Å². The smallest absolute Gasteiger partial charge is 0.392 e. The Labute approximate surface area is 301 Å². The van der Waals surface area contributed by atoms with Crippen molar-refractivity contribution in [3.8, 4) is 11.4 Å². The topological polar surface area (TPSA) is 149 Å². The van der Waals surface area contributed by atoms with Crippen molar-refractivity contribution in [1.82, 2.24) is 39.1 Å². The quantitative estimate of drug-likeness (QED) is 0.119. The van der Waals surface area contributed by atoms with Crippen LogP contribution in [0.1, 0.15) is 64.1 Å². The van der Waals surface area contributed by atoms with E-state index in [1.165, 1.54) is 29.2 Å². The molecule has 1 atom stereocenters. The van der Waals surface area contributed by atoms with Crippen LogP contribution in [0.2, 0.25) is 0 Å². The van der Waals surface area contributed by atoms with Crippen LogP contribution < -0.4 is 0 Å². The maximum absolute atomic E-state index is 13.4. The minimum Gasteiger partial charge on any atom is -0.392 e. The van der Waals surface area contributed by atoms with Crippen LogP contribution in [0.15, 0.2) is 79.5 Å². The lowest BCUT2D eigenvalue weighted by atomic mass is 10.1. The molecule has 20 heteroatoms. The Balaban J connectivity index is 0.000000205. The number of nitrogens with zero attached hydrogens (tertiary/aromatic N) is 8. The van der Waals surface area contributed by atoms with E-state index in [-0.39, 0.29) is 33.8 Å². The molecule has 0 fully saturated rings. The van der Waals surface area contributed by atoms with Crippen LogP contribution in [-0.2, 0) is 38.7 Å². The van der Waals surface area contributed by atoms with Gasteiger partial charge in [0.2, 0.25) is 0 Å². The normalized spacial score (nSPS) is 12.1. The Morgan fingerprint density at radius 1 is 0.741 bits per heavy atom. The highest BCUT2D eigenvalue weighted by Crippen LogP contribution is 2.34. The second-order valence-electron chi connectivity index (χ2n) is 11.1. The number of aryl methyl sites for hydroxylation is 2. The Morgan fingerprint density at radius 2 is 1.30 bits per heavy atom. The molecule has 6 rings (SSSR count). The standard InChI is InChI=1S/C17H16F4N4O2.C11H8F4N2O.C6H8N2O/c1-2-24-8-11(7-22-24)16(27)14-6-15(17(19,20)21)23-25(14)13-4-3-12(18)5-10(13)9-26;12-8-1-2-9(7(5-8)6-18)17-4-3-10(16-17)11(13,14)15;1-2-8-4-6(5-9)3-7-8/h3-8,16,26-27H,2,9H2,1H3;1-5,18H,6H2;3-5H,2H2,1H3. The molecule has 0 radical (unpaired) electrons. The third-order valence-electron chi connectivity index (χ3n) is 7.49. The van der Waals surface area contributed by atoms with Crippen LogP contribution in [0, 0.1) is 11.6 Å². The molecular formula is C34H32F8N8O4. The summed E-state index contributed by atoms with van der Waals surface area (Å²) >= 11 is 0. The number of hydrogen-bond donors (Lipinski definition) is 3. The van der Waals surface area contributed by atoms with Crippen molar-refractivity contribution in [2.75, 3.05) is 0 Å².